The van der Waals surface area contributed by atoms with E-state index in [9.17, 15) is 0 Å². The van der Waals surface area contributed by atoms with Crippen molar-refractivity contribution < 1.29 is 4.42 Å². The summed E-state index contributed by atoms with van der Waals surface area (Å²) in [6.45, 7) is 0. The highest BCUT2D eigenvalue weighted by Crippen LogP contribution is 2.35. The lowest BCUT2D eigenvalue weighted by Crippen LogP contribution is -2.55. The van der Waals surface area contributed by atoms with Gasteiger partial charge in [0.2, 0.25) is 0 Å². The van der Waals surface area contributed by atoms with E-state index in [0.29, 0.717) is 28.4 Å². The van der Waals surface area contributed by atoms with Crippen LogP contribution in [0, 0.1) is 0 Å². The largest absolute Gasteiger partial charge is 0.456 e. The smallest absolute Gasteiger partial charge is 0.164 e. The highest BCUT2D eigenvalue weighted by molar-refractivity contribution is 6.68. The van der Waals surface area contributed by atoms with Crippen molar-refractivity contribution in [1.29, 1.82) is 0 Å². The van der Waals surface area contributed by atoms with Gasteiger partial charge in [-0.2, -0.15) is 0 Å². The molecule has 0 saturated carbocycles. The van der Waals surface area contributed by atoms with Crippen LogP contribution in [-0.4, -0.2) is 54.2 Å². The Kier molecular flexibility index (Phi) is 8.43. The van der Waals surface area contributed by atoms with E-state index >= 15 is 0 Å². The molecule has 240 valence electrons. The fraction of sp³-hybridized carbons (Fsp3) is 0. The van der Waals surface area contributed by atoms with Crippen molar-refractivity contribution in [1.82, 2.24) is 15.0 Å². The lowest BCUT2D eigenvalue weighted by atomic mass is 9.60. The van der Waals surface area contributed by atoms with Gasteiger partial charge in [-0.25, -0.2) is 15.0 Å². The maximum Gasteiger partial charge on any atom is 0.164 e. The highest BCUT2D eigenvalue weighted by atomic mass is 16.3. The van der Waals surface area contributed by atoms with E-state index in [0.717, 1.165) is 38.6 Å². The Morgan fingerprint density at radius 2 is 0.741 bits per heavy atom. The van der Waals surface area contributed by atoms with Gasteiger partial charge in [0.15, 0.2) is 17.5 Å². The van der Waals surface area contributed by atoms with Gasteiger partial charge in [-0.05, 0) is 57.6 Å². The predicted octanol–water partition coefficient (Wildman–Crippen LogP) is 5.74. The summed E-state index contributed by atoms with van der Waals surface area (Å²) in [6, 6.07) is 49.5. The van der Waals surface area contributed by atoms with Crippen molar-refractivity contribution in [3.05, 3.63) is 146 Å². The third-order valence-electron chi connectivity index (χ3n) is 9.86. The number of nitrogens with zero attached hydrogens (tertiary/aromatic N) is 3. The van der Waals surface area contributed by atoms with Gasteiger partial charge < -0.3 is 4.42 Å². The number of furan rings is 1. The molecule has 4 nitrogen and oxygen atoms in total. The van der Waals surface area contributed by atoms with Gasteiger partial charge >= 0.3 is 0 Å². The van der Waals surface area contributed by atoms with Crippen LogP contribution in [0.15, 0.2) is 150 Å². The van der Waals surface area contributed by atoms with E-state index in [-0.39, 0.29) is 33.1 Å². The molecule has 9 heteroatoms. The number of rotatable bonds is 6. The normalized spacial score (nSPS) is 11.3. The molecule has 9 rings (SSSR count). The van der Waals surface area contributed by atoms with Crippen LogP contribution in [0.3, 0.4) is 0 Å². The van der Waals surface area contributed by atoms with Gasteiger partial charge in [-0.15, -0.1) is 16.4 Å². The number of fused-ring (bicyclic) bond motifs is 3. The van der Waals surface area contributed by atoms with E-state index in [1.165, 1.54) is 16.7 Å². The minimum Gasteiger partial charge on any atom is -0.456 e. The Morgan fingerprint density at radius 3 is 1.31 bits per heavy atom. The Labute approximate surface area is 319 Å². The molecule has 0 unspecified atom stereocenters. The molecule has 9 aromatic rings. The van der Waals surface area contributed by atoms with E-state index < -0.39 is 0 Å². The summed E-state index contributed by atoms with van der Waals surface area (Å²) in [5, 5.41) is 1.97. The summed E-state index contributed by atoms with van der Waals surface area (Å²) >= 11 is 0. The lowest BCUT2D eigenvalue weighted by Gasteiger charge is -2.20. The first kappa shape index (κ1) is 33.5. The SMILES string of the molecule is [B]c1c([B])c([B])c(-c2nc(-c3ccccc3)nc(-c3ccc4c(c3)oc3ccc(-c5ccc(-c6ccc(-c7ccccc7)cc6)cc5)cc34)n2)c([B])c1[B]. The van der Waals surface area contributed by atoms with Gasteiger partial charge in [0.05, 0.1) is 0 Å². The minimum atomic E-state index is 0.117. The zero-order valence-corrected chi connectivity index (χ0v) is 29.0. The number of aromatic nitrogens is 3. The number of benzene rings is 7. The first-order valence-corrected chi connectivity index (χ1v) is 17.4. The van der Waals surface area contributed by atoms with Crippen LogP contribution in [0.4, 0.5) is 0 Å². The van der Waals surface area contributed by atoms with Crippen molar-refractivity contribution >= 4 is 88.5 Å². The molecule has 0 aliphatic carbocycles. The zero-order valence-electron chi connectivity index (χ0n) is 29.0. The molecule has 0 N–H and O–H groups in total. The Bertz CT molecular complexity index is 2830. The van der Waals surface area contributed by atoms with Gasteiger partial charge in [0.1, 0.15) is 50.4 Å². The van der Waals surface area contributed by atoms with E-state index in [1.54, 1.807) is 0 Å². The molecule has 54 heavy (non-hydrogen) atoms. The Hall–Kier alpha value is -6.33. The maximum absolute atomic E-state index is 6.44. The molecule has 0 amide bonds. The standard InChI is InChI=1S/C45H24B5N3O/c46-38-37(39(47)41(49)42(50)40(38)48)45-52-43(30-9-5-2-6-10-30)51-44(53-45)32-19-21-33-34-23-31(20-22-35(34)54-36(33)24-32)29-17-15-28(16-18-29)27-13-11-26(12-14-27)25-7-3-1-4-8-25/h1-24H. The van der Waals surface area contributed by atoms with E-state index in [2.05, 4.69) is 84.9 Å². The maximum atomic E-state index is 6.44. The molecule has 0 aliphatic rings. The molecule has 0 spiro atoms. The topological polar surface area (TPSA) is 51.8 Å². The van der Waals surface area contributed by atoms with Crippen LogP contribution in [0.1, 0.15) is 0 Å². The van der Waals surface area contributed by atoms with Crippen LogP contribution in [-0.2, 0) is 0 Å². The highest BCUT2D eigenvalue weighted by Gasteiger charge is 2.19. The van der Waals surface area contributed by atoms with Crippen LogP contribution < -0.4 is 27.3 Å². The summed E-state index contributed by atoms with van der Waals surface area (Å²) in [5.74, 6) is 1.04. The molecule has 0 bridgehead atoms. The third-order valence-corrected chi connectivity index (χ3v) is 9.86. The Morgan fingerprint density at radius 1 is 0.315 bits per heavy atom. The second kappa shape index (κ2) is 13.6. The molecular weight excluding hydrogens is 653 g/mol. The van der Waals surface area contributed by atoms with Crippen molar-refractivity contribution in [2.24, 2.45) is 0 Å². The first-order valence-electron chi connectivity index (χ1n) is 17.4. The fourth-order valence-corrected chi connectivity index (χ4v) is 6.86. The van der Waals surface area contributed by atoms with E-state index in [1.807, 2.05) is 60.7 Å². The van der Waals surface area contributed by atoms with Crippen molar-refractivity contribution in [2.75, 3.05) is 0 Å². The van der Waals surface area contributed by atoms with Crippen molar-refractivity contribution in [3.8, 4) is 67.5 Å². The van der Waals surface area contributed by atoms with Gasteiger partial charge in [0.25, 0.3) is 0 Å². The molecule has 7 aromatic carbocycles. The third kappa shape index (κ3) is 5.96. The lowest BCUT2D eigenvalue weighted by molar-refractivity contribution is 0.669. The quantitative estimate of drug-likeness (QED) is 0.211. The van der Waals surface area contributed by atoms with Gasteiger partial charge in [-0.1, -0.05) is 132 Å². The molecule has 0 fully saturated rings. The van der Waals surface area contributed by atoms with Gasteiger partial charge in [-0.3, -0.25) is 0 Å². The number of hydrogen-bond acceptors (Lipinski definition) is 4. The molecule has 0 saturated heterocycles. The monoisotopic (exact) mass is 677 g/mol. The van der Waals surface area contributed by atoms with E-state index in [4.69, 9.17) is 58.6 Å². The molecular formula is C45H24B5N3O. The van der Waals surface area contributed by atoms with Gasteiger partial charge in [0, 0.05) is 27.5 Å². The minimum absolute atomic E-state index is 0.117. The molecule has 2 aromatic heterocycles. The average molecular weight is 677 g/mol. The average Bonchev–Trinajstić information content (AvgIpc) is 3.60. The molecule has 2 heterocycles. The van der Waals surface area contributed by atoms with Crippen LogP contribution >= 0.6 is 0 Å². The van der Waals surface area contributed by atoms with Crippen molar-refractivity contribution in [3.63, 3.8) is 0 Å². The molecule has 10 radical (unpaired) electrons. The summed E-state index contributed by atoms with van der Waals surface area (Å²) < 4.78 is 6.38. The van der Waals surface area contributed by atoms with Crippen LogP contribution in [0.25, 0.3) is 89.5 Å². The van der Waals surface area contributed by atoms with Crippen molar-refractivity contribution in [2.45, 2.75) is 0 Å². The zero-order chi connectivity index (χ0) is 36.9. The summed E-state index contributed by atoms with van der Waals surface area (Å²) in [5.41, 5.74) is 10.8. The summed E-state index contributed by atoms with van der Waals surface area (Å²) in [6.07, 6.45) is 0. The second-order valence-corrected chi connectivity index (χ2v) is 13.2. The summed E-state index contributed by atoms with van der Waals surface area (Å²) in [4.78, 5) is 14.4. The number of hydrogen-bond donors (Lipinski definition) is 0. The Balaban J connectivity index is 1.07. The second-order valence-electron chi connectivity index (χ2n) is 13.2. The predicted molar refractivity (Wildman–Crippen MR) is 227 cm³/mol. The fourth-order valence-electron chi connectivity index (χ4n) is 6.86. The van der Waals surface area contributed by atoms with Crippen LogP contribution in [0.5, 0.6) is 0 Å². The van der Waals surface area contributed by atoms with Crippen LogP contribution in [0.2, 0.25) is 0 Å². The summed E-state index contributed by atoms with van der Waals surface area (Å²) in [7, 11) is 31.4. The molecule has 0 atom stereocenters. The first-order chi connectivity index (χ1) is 26.3. The molecule has 0 aliphatic heterocycles.